The fraction of sp³-hybridized carbons (Fsp3) is 0.375. The molecular weight excluding hydrogens is 320 g/mol. The summed E-state index contributed by atoms with van der Waals surface area (Å²) < 4.78 is 5.15. The van der Waals surface area contributed by atoms with Crippen LogP contribution in [0.5, 0.6) is 0 Å². The molecule has 0 saturated carbocycles. The van der Waals surface area contributed by atoms with Crippen LogP contribution in [-0.4, -0.2) is 17.4 Å². The Bertz CT molecular complexity index is 728. The van der Waals surface area contributed by atoms with Gasteiger partial charge in [0.1, 0.15) is 5.58 Å². The maximum absolute atomic E-state index is 12.0. The number of carbonyl (C=O) groups is 1. The fourth-order valence-electron chi connectivity index (χ4n) is 2.25. The van der Waals surface area contributed by atoms with Crippen LogP contribution in [0.4, 0.5) is 5.69 Å². The quantitative estimate of drug-likeness (QED) is 0.826. The lowest BCUT2D eigenvalue weighted by Crippen LogP contribution is -2.36. The summed E-state index contributed by atoms with van der Waals surface area (Å²) in [5.41, 5.74) is 7.31. The third kappa shape index (κ3) is 5.35. The maximum atomic E-state index is 12.0. The maximum Gasteiger partial charge on any atom is 0.336 e. The number of rotatable bonds is 4. The van der Waals surface area contributed by atoms with E-state index >= 15 is 0 Å². The van der Waals surface area contributed by atoms with Gasteiger partial charge in [0.15, 0.2) is 0 Å². The number of anilines is 1. The van der Waals surface area contributed by atoms with Crippen molar-refractivity contribution in [3.05, 3.63) is 40.2 Å². The number of hydrogen-bond acceptors (Lipinski definition) is 4. The molecule has 128 valence electrons. The zero-order valence-corrected chi connectivity index (χ0v) is 14.2. The van der Waals surface area contributed by atoms with Crippen molar-refractivity contribution < 1.29 is 14.7 Å². The van der Waals surface area contributed by atoms with Gasteiger partial charge in [-0.15, -0.1) is 12.4 Å². The molecule has 0 unspecified atom stereocenters. The second-order valence-corrected chi connectivity index (χ2v) is 5.68. The molecule has 0 bridgehead atoms. The van der Waals surface area contributed by atoms with Crippen molar-refractivity contribution in [3.8, 4) is 0 Å². The van der Waals surface area contributed by atoms with Gasteiger partial charge in [0.2, 0.25) is 5.91 Å². The van der Waals surface area contributed by atoms with E-state index in [1.54, 1.807) is 12.1 Å². The van der Waals surface area contributed by atoms with Gasteiger partial charge >= 0.3 is 5.63 Å². The normalized spacial score (nSPS) is 11.5. The predicted octanol–water partition coefficient (Wildman–Crippen LogP) is 2.01. The number of nitrogens with two attached hydrogens (primary N) is 1. The highest BCUT2D eigenvalue weighted by Gasteiger charge is 2.15. The molecule has 1 heterocycles. The van der Waals surface area contributed by atoms with E-state index in [2.05, 4.69) is 5.32 Å². The third-order valence-corrected chi connectivity index (χ3v) is 3.28. The Morgan fingerprint density at radius 1 is 1.30 bits per heavy atom. The third-order valence-electron chi connectivity index (χ3n) is 3.28. The lowest BCUT2D eigenvalue weighted by molar-refractivity contribution is -0.117. The van der Waals surface area contributed by atoms with Crippen molar-refractivity contribution >= 4 is 35.0 Å². The van der Waals surface area contributed by atoms with E-state index in [1.807, 2.05) is 26.8 Å². The van der Waals surface area contributed by atoms with Gasteiger partial charge in [-0.05, 0) is 37.0 Å². The minimum Gasteiger partial charge on any atom is -0.423 e. The van der Waals surface area contributed by atoms with E-state index in [-0.39, 0.29) is 23.8 Å². The van der Waals surface area contributed by atoms with E-state index in [9.17, 15) is 9.59 Å². The average Bonchev–Trinajstić information content (AvgIpc) is 2.37. The number of hydrogen-bond donors (Lipinski definition) is 2. The number of carbonyl (C=O) groups excluding carboxylic acids is 1. The molecule has 1 aromatic heterocycles. The SMILES string of the molecule is Cc1cc(=O)oc2cc(NC(=O)[C@@H](N)CC(C)C)ccc12.Cl.O. The summed E-state index contributed by atoms with van der Waals surface area (Å²) in [4.78, 5) is 23.4. The number of halogens is 1. The summed E-state index contributed by atoms with van der Waals surface area (Å²) in [6.45, 7) is 5.87. The molecule has 2 rings (SSSR count). The number of aryl methyl sites for hydroxylation is 1. The molecule has 0 aliphatic heterocycles. The first-order valence-corrected chi connectivity index (χ1v) is 6.98. The molecule has 2 aromatic rings. The highest BCUT2D eigenvalue weighted by atomic mass is 35.5. The summed E-state index contributed by atoms with van der Waals surface area (Å²) in [5.74, 6) is 0.112. The molecule has 1 atom stereocenters. The Labute approximate surface area is 140 Å². The van der Waals surface area contributed by atoms with Crippen molar-refractivity contribution in [2.45, 2.75) is 33.2 Å². The summed E-state index contributed by atoms with van der Waals surface area (Å²) in [5, 5.41) is 3.60. The first-order valence-electron chi connectivity index (χ1n) is 6.98. The largest absolute Gasteiger partial charge is 0.423 e. The van der Waals surface area contributed by atoms with Gasteiger partial charge in [-0.3, -0.25) is 4.79 Å². The highest BCUT2D eigenvalue weighted by Crippen LogP contribution is 2.21. The topological polar surface area (TPSA) is 117 Å². The molecule has 23 heavy (non-hydrogen) atoms. The minimum absolute atomic E-state index is 0. The lowest BCUT2D eigenvalue weighted by Gasteiger charge is -2.14. The first-order chi connectivity index (χ1) is 9.86. The Morgan fingerprint density at radius 3 is 2.57 bits per heavy atom. The van der Waals surface area contributed by atoms with Crippen LogP contribution in [0.25, 0.3) is 11.0 Å². The van der Waals surface area contributed by atoms with Gasteiger partial charge in [-0.2, -0.15) is 0 Å². The lowest BCUT2D eigenvalue weighted by atomic mass is 10.0. The predicted molar refractivity (Wildman–Crippen MR) is 94.1 cm³/mol. The number of benzene rings is 1. The van der Waals surface area contributed by atoms with E-state index < -0.39 is 11.7 Å². The summed E-state index contributed by atoms with van der Waals surface area (Å²) in [6, 6.07) is 6.13. The van der Waals surface area contributed by atoms with E-state index in [0.717, 1.165) is 10.9 Å². The van der Waals surface area contributed by atoms with Crippen molar-refractivity contribution in [2.75, 3.05) is 5.32 Å². The van der Waals surface area contributed by atoms with Gasteiger partial charge in [-0.1, -0.05) is 13.8 Å². The summed E-state index contributed by atoms with van der Waals surface area (Å²) in [7, 11) is 0. The van der Waals surface area contributed by atoms with Crippen molar-refractivity contribution in [1.82, 2.24) is 0 Å². The van der Waals surface area contributed by atoms with Crippen LogP contribution in [-0.2, 0) is 4.79 Å². The molecule has 7 heteroatoms. The molecule has 1 aromatic carbocycles. The van der Waals surface area contributed by atoms with Crippen LogP contribution in [0.15, 0.2) is 33.5 Å². The second-order valence-electron chi connectivity index (χ2n) is 5.68. The molecule has 6 nitrogen and oxygen atoms in total. The monoisotopic (exact) mass is 342 g/mol. The number of nitrogens with one attached hydrogen (secondary N) is 1. The Balaban J connectivity index is 0.00000242. The highest BCUT2D eigenvalue weighted by molar-refractivity contribution is 5.96. The van der Waals surface area contributed by atoms with Crippen LogP contribution in [0.1, 0.15) is 25.8 Å². The number of fused-ring (bicyclic) bond motifs is 1. The molecule has 5 N–H and O–H groups in total. The second kappa shape index (κ2) is 8.67. The van der Waals surface area contributed by atoms with Crippen LogP contribution in [0, 0.1) is 12.8 Å². The van der Waals surface area contributed by atoms with Crippen LogP contribution < -0.4 is 16.7 Å². The van der Waals surface area contributed by atoms with Crippen LogP contribution in [0.3, 0.4) is 0 Å². The molecule has 0 aliphatic carbocycles. The molecule has 0 spiro atoms. The van der Waals surface area contributed by atoms with Crippen LogP contribution in [0.2, 0.25) is 0 Å². The van der Waals surface area contributed by atoms with E-state index in [4.69, 9.17) is 10.2 Å². The molecule has 0 aliphatic rings. The Kier molecular flexibility index (Phi) is 7.95. The fourth-order valence-corrected chi connectivity index (χ4v) is 2.25. The van der Waals surface area contributed by atoms with E-state index in [1.165, 1.54) is 6.07 Å². The van der Waals surface area contributed by atoms with E-state index in [0.29, 0.717) is 23.6 Å². The molecule has 0 saturated heterocycles. The van der Waals surface area contributed by atoms with Gasteiger partial charge in [0.05, 0.1) is 6.04 Å². The zero-order chi connectivity index (χ0) is 15.6. The molecule has 0 radical (unpaired) electrons. The average molecular weight is 343 g/mol. The van der Waals surface area contributed by atoms with Gasteiger partial charge in [0, 0.05) is 23.2 Å². The molecule has 1 amide bonds. The van der Waals surface area contributed by atoms with Gasteiger partial charge in [0.25, 0.3) is 0 Å². The summed E-state index contributed by atoms with van der Waals surface area (Å²) in [6.07, 6.45) is 0.619. The van der Waals surface area contributed by atoms with Crippen molar-refractivity contribution in [1.29, 1.82) is 0 Å². The van der Waals surface area contributed by atoms with Crippen molar-refractivity contribution in [3.63, 3.8) is 0 Å². The standard InChI is InChI=1S/C16H20N2O3.ClH.H2O/c1-9(2)6-13(17)16(20)18-11-4-5-12-10(3)7-15(19)21-14(12)8-11;;/h4-5,7-9,13H,6,17H2,1-3H3,(H,18,20);1H;1H2/t13-;;/m0../s1. The molecule has 0 fully saturated rings. The van der Waals surface area contributed by atoms with Gasteiger partial charge in [-0.25, -0.2) is 4.79 Å². The Morgan fingerprint density at radius 2 is 1.96 bits per heavy atom. The minimum atomic E-state index is -0.551. The summed E-state index contributed by atoms with van der Waals surface area (Å²) >= 11 is 0. The number of amides is 1. The first kappa shape index (κ1) is 21.1. The smallest absolute Gasteiger partial charge is 0.336 e. The van der Waals surface area contributed by atoms with Crippen molar-refractivity contribution in [2.24, 2.45) is 11.7 Å². The Hall–Kier alpha value is -1.89. The van der Waals surface area contributed by atoms with Crippen LogP contribution >= 0.6 is 12.4 Å². The van der Waals surface area contributed by atoms with Gasteiger partial charge < -0.3 is 20.9 Å². The zero-order valence-electron chi connectivity index (χ0n) is 13.4. The molecular formula is C16H23ClN2O4.